The van der Waals surface area contributed by atoms with Gasteiger partial charge in [-0.25, -0.2) is 0 Å². The van der Waals surface area contributed by atoms with Crippen LogP contribution in [0.3, 0.4) is 0 Å². The topological polar surface area (TPSA) is 19.1 Å². The molecule has 2 aliphatic carbocycles. The highest BCUT2D eigenvalue weighted by Gasteiger charge is 2.54. The van der Waals surface area contributed by atoms with Gasteiger partial charge in [0.2, 0.25) is 0 Å². The number of ether oxygens (including phenoxy) is 1. The molecule has 0 amide bonds. The first kappa shape index (κ1) is 44.9. The van der Waals surface area contributed by atoms with Crippen molar-refractivity contribution in [2.45, 2.75) is 84.0 Å². The van der Waals surface area contributed by atoms with Crippen LogP contribution in [0.1, 0.15) is 101 Å². The number of para-hydroxylation sites is 2. The molecule has 370 valence electrons. The monoisotopic (exact) mass is 990 g/mol. The average molecular weight is 991 g/mol. The zero-order valence-corrected chi connectivity index (χ0v) is 45.4. The van der Waals surface area contributed by atoms with Crippen LogP contribution < -0.4 is 21.1 Å². The summed E-state index contributed by atoms with van der Waals surface area (Å²) in [7, 11) is 0. The van der Waals surface area contributed by atoms with Crippen LogP contribution in [-0.4, -0.2) is 15.8 Å². The lowest BCUT2D eigenvalue weighted by atomic mass is 9.34. The summed E-state index contributed by atoms with van der Waals surface area (Å²) in [6.07, 6.45) is 0. The lowest BCUT2D eigenvalue weighted by Gasteiger charge is -2.36. The number of benzene rings is 10. The van der Waals surface area contributed by atoms with Crippen LogP contribution in [-0.2, 0) is 21.7 Å². The minimum atomic E-state index is -0.499. The molecule has 0 atom stereocenters. The molecule has 0 saturated carbocycles. The molecule has 3 nitrogen and oxygen atoms in total. The molecule has 10 aromatic carbocycles. The van der Waals surface area contributed by atoms with Crippen molar-refractivity contribution in [3.8, 4) is 56.3 Å². The summed E-state index contributed by atoms with van der Waals surface area (Å²) in [5.74, 6) is 1.89. The van der Waals surface area contributed by atoms with Gasteiger partial charge in [-0.05, 0) is 136 Å². The molecule has 2 aliphatic heterocycles. The van der Waals surface area contributed by atoms with E-state index in [4.69, 9.17) is 4.74 Å². The second-order valence-electron chi connectivity index (χ2n) is 25.6. The fourth-order valence-corrected chi connectivity index (χ4v) is 14.8. The highest BCUT2D eigenvalue weighted by Crippen LogP contribution is 2.64. The van der Waals surface area contributed by atoms with Crippen molar-refractivity contribution in [3.05, 3.63) is 233 Å². The maximum Gasteiger partial charge on any atom is 0.256 e. The van der Waals surface area contributed by atoms with Crippen LogP contribution in [0.4, 0.5) is 0 Å². The Bertz CT molecular complexity index is 4540. The third-order valence-corrected chi connectivity index (χ3v) is 18.2. The van der Waals surface area contributed by atoms with Crippen LogP contribution in [0.2, 0.25) is 0 Å². The molecule has 1 spiro atoms. The maximum absolute atomic E-state index is 7.87. The Morgan fingerprint density at radius 1 is 0.429 bits per heavy atom. The third-order valence-electron chi connectivity index (χ3n) is 18.2. The fourth-order valence-electron chi connectivity index (χ4n) is 14.8. The van der Waals surface area contributed by atoms with Gasteiger partial charge in [0.05, 0.1) is 27.5 Å². The predicted octanol–water partition coefficient (Wildman–Crippen LogP) is 16.7. The molecular weight excluding hydrogens is 932 g/mol. The lowest BCUT2D eigenvalue weighted by molar-refractivity contribution is 0.488. The van der Waals surface area contributed by atoms with E-state index in [1.165, 1.54) is 138 Å². The van der Waals surface area contributed by atoms with Gasteiger partial charge in [0, 0.05) is 38.5 Å². The number of hydrogen-bond acceptors (Lipinski definition) is 1. The Kier molecular flexibility index (Phi) is 8.74. The summed E-state index contributed by atoms with van der Waals surface area (Å²) in [4.78, 5) is 0. The molecule has 77 heavy (non-hydrogen) atoms. The highest BCUT2D eigenvalue weighted by molar-refractivity contribution is 6.99. The van der Waals surface area contributed by atoms with E-state index < -0.39 is 5.41 Å². The molecule has 0 bridgehead atoms. The Morgan fingerprint density at radius 3 is 1.64 bits per heavy atom. The molecule has 12 aromatic rings. The Hall–Kier alpha value is -8.34. The van der Waals surface area contributed by atoms with Crippen LogP contribution in [0.5, 0.6) is 11.5 Å². The van der Waals surface area contributed by atoms with Crippen molar-refractivity contribution in [1.29, 1.82) is 0 Å². The zero-order valence-electron chi connectivity index (χ0n) is 45.4. The van der Waals surface area contributed by atoms with E-state index in [0.29, 0.717) is 0 Å². The van der Waals surface area contributed by atoms with E-state index in [2.05, 4.69) is 266 Å². The third kappa shape index (κ3) is 5.78. The van der Waals surface area contributed by atoms with Crippen LogP contribution >= 0.6 is 0 Å². The molecule has 4 aliphatic rings. The second-order valence-corrected chi connectivity index (χ2v) is 25.6. The van der Waals surface area contributed by atoms with Gasteiger partial charge >= 0.3 is 0 Å². The quantitative estimate of drug-likeness (QED) is 0.158. The number of nitrogens with zero attached hydrogens (tertiary/aromatic N) is 2. The largest absolute Gasteiger partial charge is 0.458 e. The van der Waals surface area contributed by atoms with E-state index in [9.17, 15) is 0 Å². The first-order valence-corrected chi connectivity index (χ1v) is 27.7. The summed E-state index contributed by atoms with van der Waals surface area (Å²) in [5.41, 5.74) is 27.0. The molecule has 16 rings (SSSR count). The van der Waals surface area contributed by atoms with E-state index in [1.54, 1.807) is 0 Å². The van der Waals surface area contributed by atoms with Gasteiger partial charge in [-0.1, -0.05) is 220 Å². The van der Waals surface area contributed by atoms with Crippen LogP contribution in [0, 0.1) is 0 Å². The second kappa shape index (κ2) is 15.0. The van der Waals surface area contributed by atoms with Gasteiger partial charge in [0.1, 0.15) is 11.5 Å². The average Bonchev–Trinajstić information content (AvgIpc) is 3.72. The van der Waals surface area contributed by atoms with E-state index in [-0.39, 0.29) is 23.0 Å². The molecule has 4 heterocycles. The normalized spacial score (nSPS) is 14.5. The highest BCUT2D eigenvalue weighted by atomic mass is 16.5. The van der Waals surface area contributed by atoms with Gasteiger partial charge < -0.3 is 13.9 Å². The molecule has 4 heteroatoms. The van der Waals surface area contributed by atoms with Gasteiger partial charge in [0.25, 0.3) is 6.71 Å². The van der Waals surface area contributed by atoms with Crippen LogP contribution in [0.15, 0.2) is 194 Å². The summed E-state index contributed by atoms with van der Waals surface area (Å²) < 4.78 is 13.1. The van der Waals surface area contributed by atoms with E-state index >= 15 is 0 Å². The predicted molar refractivity (Wildman–Crippen MR) is 324 cm³/mol. The molecule has 0 radical (unpaired) electrons. The standard InChI is InChI=1S/C73H59BN2O/c1-70(2,3)43-38-44(71(4,5)6)40-45(39-43)75-60-32-20-14-25-49(60)52-41-59-68-65(67(52)75)51-27-15-21-33-61(51)76(68)62-36-42(46-22-10-16-28-53(46)72(7,8)9)37-63-66(62)74(59)58-35-34-57-64(69(58)77-63)50-26-13-19-31-56(50)73(57)54-29-17-11-23-47(54)48-24-12-18-30-55(48)73/h10-41H,1-9H3. The molecule has 0 saturated heterocycles. The number of fused-ring (bicyclic) bond motifs is 22. The molecule has 0 unspecified atom stereocenters. The number of aromatic nitrogens is 2. The first-order chi connectivity index (χ1) is 37.1. The summed E-state index contributed by atoms with van der Waals surface area (Å²) >= 11 is 0. The number of rotatable bonds is 2. The van der Waals surface area contributed by atoms with E-state index in [1.807, 2.05) is 0 Å². The lowest BCUT2D eigenvalue weighted by Crippen LogP contribution is -2.58. The van der Waals surface area contributed by atoms with Crippen molar-refractivity contribution >= 4 is 66.7 Å². The van der Waals surface area contributed by atoms with Crippen molar-refractivity contribution in [2.75, 3.05) is 0 Å². The molecule has 0 fully saturated rings. The summed E-state index contributed by atoms with van der Waals surface area (Å²) in [5, 5.41) is 5.06. The van der Waals surface area contributed by atoms with E-state index in [0.717, 1.165) is 17.1 Å². The first-order valence-electron chi connectivity index (χ1n) is 27.7. The fraction of sp³-hybridized carbons (Fsp3) is 0.178. The molecule has 0 N–H and O–H groups in total. The van der Waals surface area contributed by atoms with Crippen molar-refractivity contribution in [2.24, 2.45) is 0 Å². The van der Waals surface area contributed by atoms with Crippen molar-refractivity contribution < 1.29 is 4.74 Å². The van der Waals surface area contributed by atoms with Gasteiger partial charge in [-0.15, -0.1) is 0 Å². The summed E-state index contributed by atoms with van der Waals surface area (Å²) in [6, 6.07) is 74.5. The van der Waals surface area contributed by atoms with Gasteiger partial charge in [-0.3, -0.25) is 0 Å². The smallest absolute Gasteiger partial charge is 0.256 e. The summed E-state index contributed by atoms with van der Waals surface area (Å²) in [6.45, 7) is 20.9. The van der Waals surface area contributed by atoms with Gasteiger partial charge in [-0.2, -0.15) is 0 Å². The van der Waals surface area contributed by atoms with Crippen molar-refractivity contribution in [3.63, 3.8) is 0 Å². The molecular formula is C73H59BN2O. The molecule has 2 aromatic heterocycles. The number of hydrogen-bond donors (Lipinski definition) is 0. The Balaban J connectivity index is 1.07. The zero-order chi connectivity index (χ0) is 52.2. The minimum absolute atomic E-state index is 0.0554. The maximum atomic E-state index is 7.87. The Morgan fingerprint density at radius 2 is 0.987 bits per heavy atom. The SMILES string of the molecule is CC(C)(C)c1cc(-n2c3ccccc3c3cc4c5c(c6ccccc6n5-c5cc(-c6ccccc6C(C)(C)C)cc6c5B4c4ccc5c(c4O6)-c4ccccc4C54c5ccccc5-c5ccccc54)c32)cc(C(C)(C)C)c1. The Labute approximate surface area is 451 Å². The minimum Gasteiger partial charge on any atom is -0.458 e. The van der Waals surface area contributed by atoms with Crippen molar-refractivity contribution in [1.82, 2.24) is 9.13 Å². The van der Waals surface area contributed by atoms with Crippen LogP contribution in [0.25, 0.3) is 88.4 Å². The van der Waals surface area contributed by atoms with Gasteiger partial charge in [0.15, 0.2) is 0 Å².